The fourth-order valence-electron chi connectivity index (χ4n) is 2.01. The quantitative estimate of drug-likeness (QED) is 0.342. The van der Waals surface area contributed by atoms with E-state index in [9.17, 15) is 0 Å². The van der Waals surface area contributed by atoms with Gasteiger partial charge in [0.1, 0.15) is 5.75 Å². The molecule has 0 bridgehead atoms. The first-order valence-corrected chi connectivity index (χ1v) is 9.37. The smallest absolute Gasteiger partial charge is 0.115 e. The van der Waals surface area contributed by atoms with E-state index in [0.29, 0.717) is 5.75 Å². The molecule has 28 heavy (non-hydrogen) atoms. The van der Waals surface area contributed by atoms with Crippen molar-refractivity contribution in [3.8, 4) is 5.75 Å². The maximum Gasteiger partial charge on any atom is 0.115 e. The molecule has 0 aliphatic carbocycles. The van der Waals surface area contributed by atoms with Crippen LogP contribution in [-0.4, -0.2) is 5.11 Å². The van der Waals surface area contributed by atoms with Gasteiger partial charge in [-0.15, -0.1) is 0 Å². The number of aromatic hydroxyl groups is 1. The summed E-state index contributed by atoms with van der Waals surface area (Å²) in [6.45, 7) is 6.32. The van der Waals surface area contributed by atoms with Gasteiger partial charge in [-0.25, -0.2) is 0 Å². The molecule has 0 aromatic heterocycles. The van der Waals surface area contributed by atoms with Gasteiger partial charge in [-0.05, 0) is 44.0 Å². The van der Waals surface area contributed by atoms with E-state index in [1.54, 1.807) is 24.3 Å². The summed E-state index contributed by atoms with van der Waals surface area (Å²) < 4.78 is 0. The normalized spacial score (nSPS) is 8.68. The summed E-state index contributed by atoms with van der Waals surface area (Å²) in [5, 5.41) is 8.63. The first-order chi connectivity index (χ1) is 13.6. The number of benzene rings is 4. The first kappa shape index (κ1) is 22.7. The standard InChI is InChI=1S/C8H10.C7H8.C6H6O.C6H6/c1-7-5-3-4-6-8(7)2;1-7-5-3-2-4-6-7;7-6-4-2-1-3-5-6;1-2-4-6-5-3-1/h3-6H,1-2H3;2-6H,1H3;1-5,7H;1-6H. The number of hydrogen-bond donors (Lipinski definition) is 1. The van der Waals surface area contributed by atoms with Crippen LogP contribution in [0.3, 0.4) is 0 Å². The zero-order chi connectivity index (χ0) is 20.5. The van der Waals surface area contributed by atoms with E-state index in [1.165, 1.54) is 16.7 Å². The predicted octanol–water partition coefficient (Wildman–Crippen LogP) is 7.38. The third-order valence-corrected chi connectivity index (χ3v) is 3.79. The van der Waals surface area contributed by atoms with Gasteiger partial charge in [-0.3, -0.25) is 0 Å². The minimum absolute atomic E-state index is 0.322. The van der Waals surface area contributed by atoms with E-state index in [1.807, 2.05) is 60.7 Å². The van der Waals surface area contributed by atoms with Crippen LogP contribution in [-0.2, 0) is 0 Å². The lowest BCUT2D eigenvalue weighted by molar-refractivity contribution is 0.475. The third-order valence-electron chi connectivity index (χ3n) is 3.79. The number of phenols is 1. The molecule has 0 atom stereocenters. The van der Waals surface area contributed by atoms with Crippen molar-refractivity contribution in [3.05, 3.63) is 138 Å². The van der Waals surface area contributed by atoms with Gasteiger partial charge in [0, 0.05) is 0 Å². The highest BCUT2D eigenvalue weighted by atomic mass is 16.3. The van der Waals surface area contributed by atoms with Crippen molar-refractivity contribution < 1.29 is 5.11 Å². The van der Waals surface area contributed by atoms with E-state index < -0.39 is 0 Å². The molecule has 0 heterocycles. The van der Waals surface area contributed by atoms with Crippen molar-refractivity contribution in [2.24, 2.45) is 0 Å². The summed E-state index contributed by atoms with van der Waals surface area (Å²) >= 11 is 0. The molecule has 0 unspecified atom stereocenters. The molecule has 0 fully saturated rings. The number of rotatable bonds is 0. The molecule has 0 spiro atoms. The van der Waals surface area contributed by atoms with Crippen molar-refractivity contribution in [2.75, 3.05) is 0 Å². The molecule has 0 aliphatic rings. The van der Waals surface area contributed by atoms with Crippen molar-refractivity contribution in [3.63, 3.8) is 0 Å². The monoisotopic (exact) mass is 370 g/mol. The largest absolute Gasteiger partial charge is 0.508 e. The number of phenolic OH excluding ortho intramolecular Hbond substituents is 1. The second-order valence-electron chi connectivity index (χ2n) is 6.23. The van der Waals surface area contributed by atoms with E-state index in [2.05, 4.69) is 57.2 Å². The van der Waals surface area contributed by atoms with E-state index in [0.717, 1.165) is 0 Å². The van der Waals surface area contributed by atoms with E-state index >= 15 is 0 Å². The van der Waals surface area contributed by atoms with Gasteiger partial charge in [-0.1, -0.05) is 115 Å². The Morgan fingerprint density at radius 2 is 0.679 bits per heavy atom. The van der Waals surface area contributed by atoms with E-state index in [4.69, 9.17) is 5.11 Å². The number of para-hydroxylation sites is 1. The van der Waals surface area contributed by atoms with Crippen LogP contribution in [0.15, 0.2) is 121 Å². The lowest BCUT2D eigenvalue weighted by Crippen LogP contribution is -1.74. The third kappa shape index (κ3) is 12.1. The fourth-order valence-corrected chi connectivity index (χ4v) is 2.01. The Morgan fingerprint density at radius 1 is 0.393 bits per heavy atom. The average Bonchev–Trinajstić information content (AvgIpc) is 2.74. The Morgan fingerprint density at radius 3 is 0.893 bits per heavy atom. The zero-order valence-electron chi connectivity index (χ0n) is 17.0. The maximum atomic E-state index is 8.63. The second-order valence-corrected chi connectivity index (χ2v) is 6.23. The number of hydrogen-bond acceptors (Lipinski definition) is 1. The lowest BCUT2D eigenvalue weighted by Gasteiger charge is -1.93. The molecule has 4 aromatic carbocycles. The van der Waals surface area contributed by atoms with Crippen LogP contribution in [0.4, 0.5) is 0 Å². The summed E-state index contributed by atoms with van der Waals surface area (Å²) in [4.78, 5) is 0. The molecule has 0 saturated heterocycles. The predicted molar refractivity (Wildman–Crippen MR) is 122 cm³/mol. The van der Waals surface area contributed by atoms with Gasteiger partial charge in [0.2, 0.25) is 0 Å². The van der Waals surface area contributed by atoms with Crippen LogP contribution in [0.25, 0.3) is 0 Å². The molecular weight excluding hydrogens is 340 g/mol. The SMILES string of the molecule is Cc1ccccc1.Cc1ccccc1C.Oc1ccccc1.c1ccccc1. The molecule has 0 saturated carbocycles. The Balaban J connectivity index is 0.000000188. The summed E-state index contributed by atoms with van der Waals surface area (Å²) in [6.07, 6.45) is 0. The van der Waals surface area contributed by atoms with Crippen LogP contribution < -0.4 is 0 Å². The molecule has 4 aromatic rings. The van der Waals surface area contributed by atoms with Gasteiger partial charge in [0.15, 0.2) is 0 Å². The van der Waals surface area contributed by atoms with Gasteiger partial charge in [-0.2, -0.15) is 0 Å². The highest BCUT2D eigenvalue weighted by molar-refractivity contribution is 5.23. The van der Waals surface area contributed by atoms with Crippen LogP contribution in [0.5, 0.6) is 5.75 Å². The molecular formula is C27H30O. The van der Waals surface area contributed by atoms with Crippen LogP contribution >= 0.6 is 0 Å². The van der Waals surface area contributed by atoms with Crippen molar-refractivity contribution >= 4 is 0 Å². The molecule has 0 aliphatic heterocycles. The molecule has 4 rings (SSSR count). The fraction of sp³-hybridized carbons (Fsp3) is 0.111. The van der Waals surface area contributed by atoms with Crippen molar-refractivity contribution in [1.82, 2.24) is 0 Å². The van der Waals surface area contributed by atoms with E-state index in [-0.39, 0.29) is 0 Å². The minimum Gasteiger partial charge on any atom is -0.508 e. The van der Waals surface area contributed by atoms with Gasteiger partial charge >= 0.3 is 0 Å². The summed E-state index contributed by atoms with van der Waals surface area (Å²) in [7, 11) is 0. The number of aryl methyl sites for hydroxylation is 3. The highest BCUT2D eigenvalue weighted by Crippen LogP contribution is 2.03. The summed E-state index contributed by atoms with van der Waals surface area (Å²) in [6, 6.07) is 39.3. The lowest BCUT2D eigenvalue weighted by atomic mass is 10.1. The molecule has 1 nitrogen and oxygen atoms in total. The molecule has 0 radical (unpaired) electrons. The van der Waals surface area contributed by atoms with Gasteiger partial charge in [0.05, 0.1) is 0 Å². The zero-order valence-corrected chi connectivity index (χ0v) is 17.0. The highest BCUT2D eigenvalue weighted by Gasteiger charge is 1.83. The average molecular weight is 371 g/mol. The molecule has 1 N–H and O–H groups in total. The van der Waals surface area contributed by atoms with Gasteiger partial charge in [0.25, 0.3) is 0 Å². The molecule has 144 valence electrons. The molecule has 1 heteroatoms. The molecule has 0 amide bonds. The summed E-state index contributed by atoms with van der Waals surface area (Å²) in [5.41, 5.74) is 4.06. The first-order valence-electron chi connectivity index (χ1n) is 9.37. The Bertz CT molecular complexity index is 755. The van der Waals surface area contributed by atoms with Gasteiger partial charge < -0.3 is 5.11 Å². The second kappa shape index (κ2) is 14.8. The maximum absolute atomic E-state index is 8.63. The Labute approximate surface area is 170 Å². The van der Waals surface area contributed by atoms with Crippen molar-refractivity contribution in [2.45, 2.75) is 20.8 Å². The van der Waals surface area contributed by atoms with Crippen LogP contribution in [0.2, 0.25) is 0 Å². The topological polar surface area (TPSA) is 20.2 Å². The minimum atomic E-state index is 0.322. The van der Waals surface area contributed by atoms with Crippen molar-refractivity contribution in [1.29, 1.82) is 0 Å². The van der Waals surface area contributed by atoms with Crippen LogP contribution in [0, 0.1) is 20.8 Å². The Kier molecular flexibility index (Phi) is 12.0. The van der Waals surface area contributed by atoms with Crippen LogP contribution in [0.1, 0.15) is 16.7 Å². The Hall–Kier alpha value is -3.32. The summed E-state index contributed by atoms with van der Waals surface area (Å²) in [5.74, 6) is 0.322.